The number of benzene rings is 1. The van der Waals surface area contributed by atoms with Crippen molar-refractivity contribution in [3.8, 4) is 6.07 Å². The number of hydrogen-bond acceptors (Lipinski definition) is 3. The molecule has 0 atom stereocenters. The number of hydrogen-bond donors (Lipinski definition) is 1. The lowest BCUT2D eigenvalue weighted by Gasteiger charge is -2.05. The lowest BCUT2D eigenvalue weighted by atomic mass is 10.2. The molecule has 1 amide bonds. The Morgan fingerprint density at radius 3 is 3.00 bits per heavy atom. The van der Waals surface area contributed by atoms with Crippen molar-refractivity contribution in [3.63, 3.8) is 0 Å². The summed E-state index contributed by atoms with van der Waals surface area (Å²) in [5.41, 5.74) is 2.23. The summed E-state index contributed by atoms with van der Waals surface area (Å²) >= 11 is 1.43. The smallest absolute Gasteiger partial charge is 0.266 e. The first-order chi connectivity index (χ1) is 8.74. The van der Waals surface area contributed by atoms with Crippen LogP contribution in [0.4, 0.5) is 5.69 Å². The quantitative estimate of drug-likeness (QED) is 0.914. The second-order valence-electron chi connectivity index (χ2n) is 3.78. The summed E-state index contributed by atoms with van der Waals surface area (Å²) in [4.78, 5) is 12.8. The average molecular weight is 256 g/mol. The van der Waals surface area contributed by atoms with Crippen LogP contribution >= 0.6 is 11.3 Å². The van der Waals surface area contributed by atoms with Gasteiger partial charge in [0.15, 0.2) is 0 Å². The Kier molecular flexibility index (Phi) is 3.75. The fourth-order valence-electron chi connectivity index (χ4n) is 1.67. The van der Waals surface area contributed by atoms with Crippen LogP contribution < -0.4 is 5.32 Å². The van der Waals surface area contributed by atoms with Gasteiger partial charge in [0.2, 0.25) is 0 Å². The Bertz CT molecular complexity index is 610. The molecule has 90 valence electrons. The van der Waals surface area contributed by atoms with Crippen molar-refractivity contribution < 1.29 is 4.79 Å². The standard InChI is InChI=1S/C14H12N2OS/c1-2-11-6-7-18-13(11)14(17)16-12-5-3-4-10(8-12)9-15/h3-8H,2H2,1H3,(H,16,17). The van der Waals surface area contributed by atoms with Gasteiger partial charge in [0, 0.05) is 5.69 Å². The minimum Gasteiger partial charge on any atom is -0.321 e. The lowest BCUT2D eigenvalue weighted by molar-refractivity contribution is 0.103. The normalized spacial score (nSPS) is 9.78. The van der Waals surface area contributed by atoms with Gasteiger partial charge in [-0.3, -0.25) is 4.79 Å². The van der Waals surface area contributed by atoms with E-state index < -0.39 is 0 Å². The second-order valence-corrected chi connectivity index (χ2v) is 4.69. The van der Waals surface area contributed by atoms with Crippen molar-refractivity contribution in [1.29, 1.82) is 5.26 Å². The van der Waals surface area contributed by atoms with Crippen molar-refractivity contribution in [2.45, 2.75) is 13.3 Å². The molecule has 0 aliphatic rings. The van der Waals surface area contributed by atoms with Gasteiger partial charge in [-0.25, -0.2) is 0 Å². The first kappa shape index (κ1) is 12.3. The number of amides is 1. The Morgan fingerprint density at radius 2 is 2.28 bits per heavy atom. The monoisotopic (exact) mass is 256 g/mol. The predicted octanol–water partition coefficient (Wildman–Crippen LogP) is 3.43. The number of nitrogens with zero attached hydrogens (tertiary/aromatic N) is 1. The molecule has 1 N–H and O–H groups in total. The third kappa shape index (κ3) is 2.58. The van der Waals surface area contributed by atoms with Crippen molar-refractivity contribution in [2.75, 3.05) is 5.32 Å². The van der Waals surface area contributed by atoms with Gasteiger partial charge in [-0.05, 0) is 41.6 Å². The summed E-state index contributed by atoms with van der Waals surface area (Å²) in [7, 11) is 0. The van der Waals surface area contributed by atoms with Gasteiger partial charge in [-0.1, -0.05) is 13.0 Å². The number of aryl methyl sites for hydroxylation is 1. The van der Waals surface area contributed by atoms with Crippen LogP contribution in [0.3, 0.4) is 0 Å². The maximum Gasteiger partial charge on any atom is 0.266 e. The molecular formula is C14H12N2OS. The van der Waals surface area contributed by atoms with Crippen LogP contribution in [0, 0.1) is 11.3 Å². The minimum absolute atomic E-state index is 0.114. The van der Waals surface area contributed by atoms with E-state index in [0.717, 1.165) is 16.9 Å². The molecular weight excluding hydrogens is 244 g/mol. The van der Waals surface area contributed by atoms with E-state index in [4.69, 9.17) is 5.26 Å². The van der Waals surface area contributed by atoms with Crippen molar-refractivity contribution >= 4 is 22.9 Å². The first-order valence-corrected chi connectivity index (χ1v) is 6.50. The molecule has 0 saturated heterocycles. The third-order valence-electron chi connectivity index (χ3n) is 2.58. The Hall–Kier alpha value is -2.12. The third-order valence-corrected chi connectivity index (χ3v) is 3.54. The summed E-state index contributed by atoms with van der Waals surface area (Å²) in [6.45, 7) is 2.02. The van der Waals surface area contributed by atoms with Gasteiger partial charge >= 0.3 is 0 Å². The van der Waals surface area contributed by atoms with E-state index in [1.807, 2.05) is 24.4 Å². The molecule has 0 unspecified atom stereocenters. The molecule has 18 heavy (non-hydrogen) atoms. The van der Waals surface area contributed by atoms with Crippen LogP contribution in [0.2, 0.25) is 0 Å². The largest absolute Gasteiger partial charge is 0.321 e. The lowest BCUT2D eigenvalue weighted by Crippen LogP contribution is -2.11. The van der Waals surface area contributed by atoms with E-state index in [0.29, 0.717) is 11.3 Å². The van der Waals surface area contributed by atoms with E-state index in [-0.39, 0.29) is 5.91 Å². The number of thiophene rings is 1. The fourth-order valence-corrected chi connectivity index (χ4v) is 2.56. The fraction of sp³-hybridized carbons (Fsp3) is 0.143. The van der Waals surface area contributed by atoms with Gasteiger partial charge in [-0.2, -0.15) is 5.26 Å². The van der Waals surface area contributed by atoms with Crippen LogP contribution in [0.5, 0.6) is 0 Å². The SMILES string of the molecule is CCc1ccsc1C(=O)Nc1cccc(C#N)c1. The van der Waals surface area contributed by atoms with E-state index >= 15 is 0 Å². The molecule has 2 aromatic rings. The van der Waals surface area contributed by atoms with Gasteiger partial charge < -0.3 is 5.32 Å². The highest BCUT2D eigenvalue weighted by atomic mass is 32.1. The Labute approximate surface area is 110 Å². The van der Waals surface area contributed by atoms with Gasteiger partial charge in [0.25, 0.3) is 5.91 Å². The Balaban J connectivity index is 2.19. The first-order valence-electron chi connectivity index (χ1n) is 5.62. The van der Waals surface area contributed by atoms with E-state index in [1.165, 1.54) is 11.3 Å². The zero-order valence-electron chi connectivity index (χ0n) is 9.93. The molecule has 0 aliphatic heterocycles. The number of nitriles is 1. The van der Waals surface area contributed by atoms with Gasteiger partial charge in [-0.15, -0.1) is 11.3 Å². The molecule has 0 bridgehead atoms. The Morgan fingerprint density at radius 1 is 1.44 bits per heavy atom. The van der Waals surface area contributed by atoms with Crippen molar-refractivity contribution in [3.05, 3.63) is 51.7 Å². The van der Waals surface area contributed by atoms with E-state index in [2.05, 4.69) is 5.32 Å². The number of carbonyl (C=O) groups excluding carboxylic acids is 1. The highest BCUT2D eigenvalue weighted by Gasteiger charge is 2.12. The molecule has 0 saturated carbocycles. The van der Waals surface area contributed by atoms with E-state index in [9.17, 15) is 4.79 Å². The summed E-state index contributed by atoms with van der Waals surface area (Å²) in [6, 6.07) is 10.9. The minimum atomic E-state index is -0.114. The molecule has 1 aromatic heterocycles. The topological polar surface area (TPSA) is 52.9 Å². The highest BCUT2D eigenvalue weighted by Crippen LogP contribution is 2.19. The molecule has 1 heterocycles. The second kappa shape index (κ2) is 5.48. The zero-order valence-corrected chi connectivity index (χ0v) is 10.8. The van der Waals surface area contributed by atoms with Crippen LogP contribution in [-0.4, -0.2) is 5.91 Å². The maximum absolute atomic E-state index is 12.1. The van der Waals surface area contributed by atoms with Crippen LogP contribution in [-0.2, 0) is 6.42 Å². The van der Waals surface area contributed by atoms with E-state index in [1.54, 1.807) is 24.3 Å². The molecule has 2 rings (SSSR count). The van der Waals surface area contributed by atoms with Gasteiger partial charge in [0.1, 0.15) is 0 Å². The molecule has 0 fully saturated rings. The summed E-state index contributed by atoms with van der Waals surface area (Å²) < 4.78 is 0. The number of carbonyl (C=O) groups is 1. The molecule has 0 aliphatic carbocycles. The molecule has 4 heteroatoms. The molecule has 0 radical (unpaired) electrons. The van der Waals surface area contributed by atoms with Crippen molar-refractivity contribution in [2.24, 2.45) is 0 Å². The van der Waals surface area contributed by atoms with Crippen LogP contribution in [0.25, 0.3) is 0 Å². The van der Waals surface area contributed by atoms with Gasteiger partial charge in [0.05, 0.1) is 16.5 Å². The molecule has 0 spiro atoms. The summed E-state index contributed by atoms with van der Waals surface area (Å²) in [6.07, 6.45) is 0.838. The van der Waals surface area contributed by atoms with Crippen LogP contribution in [0.1, 0.15) is 27.7 Å². The highest BCUT2D eigenvalue weighted by molar-refractivity contribution is 7.12. The van der Waals surface area contributed by atoms with Crippen LogP contribution in [0.15, 0.2) is 35.7 Å². The molecule has 1 aromatic carbocycles. The zero-order chi connectivity index (χ0) is 13.0. The number of rotatable bonds is 3. The number of anilines is 1. The molecule has 3 nitrogen and oxygen atoms in total. The summed E-state index contributed by atoms with van der Waals surface area (Å²) in [5.74, 6) is -0.114. The number of nitrogens with one attached hydrogen (secondary N) is 1. The maximum atomic E-state index is 12.1. The average Bonchev–Trinajstić information content (AvgIpc) is 2.87. The summed E-state index contributed by atoms with van der Waals surface area (Å²) in [5, 5.41) is 13.5. The predicted molar refractivity (Wildman–Crippen MR) is 72.8 cm³/mol. The van der Waals surface area contributed by atoms with Crippen molar-refractivity contribution in [1.82, 2.24) is 0 Å².